The van der Waals surface area contributed by atoms with E-state index in [1.54, 1.807) is 0 Å². The molecule has 2 N–H and O–H groups in total. The molecule has 0 spiro atoms. The highest BCUT2D eigenvalue weighted by molar-refractivity contribution is 5.30. The zero-order chi connectivity index (χ0) is 12.3. The number of rotatable bonds is 3. The Bertz CT molecular complexity index is 381. The lowest BCUT2D eigenvalue weighted by molar-refractivity contribution is 0.00885. The summed E-state index contributed by atoms with van der Waals surface area (Å²) in [6.07, 6.45) is 3.87. The predicted octanol–water partition coefficient (Wildman–Crippen LogP) is 2.35. The lowest BCUT2D eigenvalue weighted by Crippen LogP contribution is -2.45. The fraction of sp³-hybridized carbons (Fsp3) is 0.600. The number of hydrogen-bond acceptors (Lipinski definition) is 2. The van der Waals surface area contributed by atoms with E-state index < -0.39 is 5.60 Å². The van der Waals surface area contributed by atoms with Gasteiger partial charge in [-0.15, -0.1) is 0 Å². The Balaban J connectivity index is 1.99. The van der Waals surface area contributed by atoms with Crippen LogP contribution in [0.1, 0.15) is 36.0 Å². The molecule has 1 aliphatic rings. The van der Waals surface area contributed by atoms with Crippen LogP contribution in [0.4, 0.5) is 0 Å². The number of piperidine rings is 1. The smallest absolute Gasteiger partial charge is 0.0775 e. The van der Waals surface area contributed by atoms with Crippen molar-refractivity contribution in [3.63, 3.8) is 0 Å². The van der Waals surface area contributed by atoms with Gasteiger partial charge in [0.25, 0.3) is 0 Å². The van der Waals surface area contributed by atoms with Gasteiger partial charge in [-0.25, -0.2) is 0 Å². The summed E-state index contributed by atoms with van der Waals surface area (Å²) in [6, 6.07) is 6.57. The lowest BCUT2D eigenvalue weighted by Gasteiger charge is -2.32. The summed E-state index contributed by atoms with van der Waals surface area (Å²) in [6.45, 7) is 6.07. The lowest BCUT2D eigenvalue weighted by atomic mass is 9.87. The molecule has 0 aromatic heterocycles. The number of β-amino-alcohol motifs (C(OH)–C–C–N with tert-alkyl or cyclic N) is 1. The van der Waals surface area contributed by atoms with Crippen LogP contribution in [0.25, 0.3) is 0 Å². The van der Waals surface area contributed by atoms with E-state index in [-0.39, 0.29) is 0 Å². The van der Waals surface area contributed by atoms with E-state index in [4.69, 9.17) is 0 Å². The van der Waals surface area contributed by atoms with Gasteiger partial charge in [0.2, 0.25) is 0 Å². The van der Waals surface area contributed by atoms with Gasteiger partial charge in [-0.1, -0.05) is 23.8 Å². The van der Waals surface area contributed by atoms with Crippen LogP contribution in [-0.4, -0.2) is 23.8 Å². The van der Waals surface area contributed by atoms with Crippen molar-refractivity contribution in [3.8, 4) is 0 Å². The average molecular weight is 233 g/mol. The summed E-state index contributed by atoms with van der Waals surface area (Å²) >= 11 is 0. The molecule has 1 atom stereocenters. The van der Waals surface area contributed by atoms with Crippen LogP contribution in [0.3, 0.4) is 0 Å². The second-order valence-electron chi connectivity index (χ2n) is 5.43. The second kappa shape index (κ2) is 5.19. The molecule has 0 saturated carbocycles. The highest BCUT2D eigenvalue weighted by Crippen LogP contribution is 2.23. The van der Waals surface area contributed by atoms with Crippen LogP contribution in [0.15, 0.2) is 18.2 Å². The van der Waals surface area contributed by atoms with Gasteiger partial charge in [0.05, 0.1) is 5.60 Å². The van der Waals surface area contributed by atoms with Crippen LogP contribution in [-0.2, 0) is 6.42 Å². The second-order valence-corrected chi connectivity index (χ2v) is 5.43. The predicted molar refractivity (Wildman–Crippen MR) is 71.3 cm³/mol. The summed E-state index contributed by atoms with van der Waals surface area (Å²) in [5.74, 6) is 0. The molecule has 0 radical (unpaired) electrons. The first-order valence-corrected chi connectivity index (χ1v) is 6.58. The molecule has 1 fully saturated rings. The van der Waals surface area contributed by atoms with Crippen molar-refractivity contribution >= 4 is 0 Å². The SMILES string of the molecule is Cc1ccc(C)c(CCC2(O)CCCNC2)c1. The van der Waals surface area contributed by atoms with Crippen LogP contribution in [0, 0.1) is 13.8 Å². The molecule has 1 aliphatic heterocycles. The Kier molecular flexibility index (Phi) is 3.85. The van der Waals surface area contributed by atoms with Crippen molar-refractivity contribution in [2.45, 2.75) is 45.1 Å². The molecular formula is C15H23NO. The minimum Gasteiger partial charge on any atom is -0.389 e. The molecule has 1 heterocycles. The summed E-state index contributed by atoms with van der Waals surface area (Å²) in [5, 5.41) is 13.7. The van der Waals surface area contributed by atoms with Gasteiger partial charge < -0.3 is 10.4 Å². The van der Waals surface area contributed by atoms with Gasteiger partial charge in [0.15, 0.2) is 0 Å². The third kappa shape index (κ3) is 3.30. The molecule has 2 heteroatoms. The first kappa shape index (κ1) is 12.6. The van der Waals surface area contributed by atoms with Crippen LogP contribution in [0.2, 0.25) is 0 Å². The Hall–Kier alpha value is -0.860. The number of benzene rings is 1. The van der Waals surface area contributed by atoms with E-state index in [2.05, 4.69) is 37.4 Å². The zero-order valence-electron chi connectivity index (χ0n) is 10.9. The maximum Gasteiger partial charge on any atom is 0.0775 e. The van der Waals surface area contributed by atoms with E-state index in [1.807, 2.05) is 0 Å². The highest BCUT2D eigenvalue weighted by Gasteiger charge is 2.28. The first-order valence-electron chi connectivity index (χ1n) is 6.58. The van der Waals surface area contributed by atoms with E-state index in [1.165, 1.54) is 16.7 Å². The third-order valence-electron chi connectivity index (χ3n) is 3.81. The monoisotopic (exact) mass is 233 g/mol. The number of nitrogens with one attached hydrogen (secondary N) is 1. The van der Waals surface area contributed by atoms with E-state index in [0.29, 0.717) is 0 Å². The van der Waals surface area contributed by atoms with Crippen molar-refractivity contribution in [3.05, 3.63) is 34.9 Å². The van der Waals surface area contributed by atoms with E-state index >= 15 is 0 Å². The van der Waals surface area contributed by atoms with Crippen LogP contribution >= 0.6 is 0 Å². The Morgan fingerprint density at radius 1 is 1.35 bits per heavy atom. The summed E-state index contributed by atoms with van der Waals surface area (Å²) < 4.78 is 0. The molecule has 2 nitrogen and oxygen atoms in total. The molecule has 0 amide bonds. The molecule has 94 valence electrons. The van der Waals surface area contributed by atoms with Crippen molar-refractivity contribution in [1.29, 1.82) is 0 Å². The van der Waals surface area contributed by atoms with Crippen LogP contribution in [0.5, 0.6) is 0 Å². The number of hydrogen-bond donors (Lipinski definition) is 2. The average Bonchev–Trinajstić information content (AvgIpc) is 2.31. The van der Waals surface area contributed by atoms with Crippen molar-refractivity contribution in [1.82, 2.24) is 5.32 Å². The van der Waals surface area contributed by atoms with E-state index in [0.717, 1.165) is 38.8 Å². The van der Waals surface area contributed by atoms with Crippen molar-refractivity contribution < 1.29 is 5.11 Å². The molecule has 1 unspecified atom stereocenters. The maximum atomic E-state index is 10.4. The molecule has 0 bridgehead atoms. The normalized spacial score (nSPS) is 24.9. The molecule has 17 heavy (non-hydrogen) atoms. The van der Waals surface area contributed by atoms with Gasteiger partial charge in [0.1, 0.15) is 0 Å². The number of aliphatic hydroxyl groups is 1. The summed E-state index contributed by atoms with van der Waals surface area (Å²) in [7, 11) is 0. The van der Waals surface area contributed by atoms with Gasteiger partial charge >= 0.3 is 0 Å². The third-order valence-corrected chi connectivity index (χ3v) is 3.81. The fourth-order valence-corrected chi connectivity index (χ4v) is 2.60. The minimum absolute atomic E-state index is 0.492. The Morgan fingerprint density at radius 3 is 2.88 bits per heavy atom. The summed E-state index contributed by atoms with van der Waals surface area (Å²) in [5.41, 5.74) is 3.53. The van der Waals surface area contributed by atoms with Crippen molar-refractivity contribution in [2.24, 2.45) is 0 Å². The maximum absolute atomic E-state index is 10.4. The van der Waals surface area contributed by atoms with Gasteiger partial charge in [-0.05, 0) is 57.2 Å². The standard InChI is InChI=1S/C15H23NO/c1-12-4-5-13(2)14(10-12)6-8-15(17)7-3-9-16-11-15/h4-5,10,16-17H,3,6-9,11H2,1-2H3. The molecule has 1 aromatic rings. The van der Waals surface area contributed by atoms with Gasteiger partial charge in [-0.2, -0.15) is 0 Å². The largest absolute Gasteiger partial charge is 0.389 e. The topological polar surface area (TPSA) is 32.3 Å². The molecule has 2 rings (SSSR count). The Morgan fingerprint density at radius 2 is 2.18 bits per heavy atom. The summed E-state index contributed by atoms with van der Waals surface area (Å²) in [4.78, 5) is 0. The first-order chi connectivity index (χ1) is 8.09. The zero-order valence-corrected chi connectivity index (χ0v) is 10.9. The Labute approximate surface area is 104 Å². The van der Waals surface area contributed by atoms with Crippen molar-refractivity contribution in [2.75, 3.05) is 13.1 Å². The quantitative estimate of drug-likeness (QED) is 0.840. The van der Waals surface area contributed by atoms with Gasteiger partial charge in [-0.3, -0.25) is 0 Å². The minimum atomic E-state index is -0.492. The molecule has 1 saturated heterocycles. The van der Waals surface area contributed by atoms with Crippen LogP contribution < -0.4 is 5.32 Å². The van der Waals surface area contributed by atoms with E-state index in [9.17, 15) is 5.11 Å². The van der Waals surface area contributed by atoms with Gasteiger partial charge in [0, 0.05) is 6.54 Å². The fourth-order valence-electron chi connectivity index (χ4n) is 2.60. The highest BCUT2D eigenvalue weighted by atomic mass is 16.3. The molecule has 0 aliphatic carbocycles. The number of aryl methyl sites for hydroxylation is 3. The molecular weight excluding hydrogens is 210 g/mol. The molecule has 1 aromatic carbocycles.